The minimum absolute atomic E-state index is 0.0566. The molecule has 0 saturated carbocycles. The number of hydrogen-bond acceptors (Lipinski definition) is 7. The van der Waals surface area contributed by atoms with Crippen molar-refractivity contribution >= 4 is 29.7 Å². The number of carbonyl (C=O) groups is 4. The van der Waals surface area contributed by atoms with Gasteiger partial charge in [0, 0.05) is 37.7 Å². The first kappa shape index (κ1) is 34.0. The molecule has 252 valence electrons. The highest BCUT2D eigenvalue weighted by Crippen LogP contribution is 2.32. The number of fused-ring (bicyclic) bond motifs is 4. The summed E-state index contributed by atoms with van der Waals surface area (Å²) in [6.45, 7) is 4.72. The Labute approximate surface area is 277 Å². The molecule has 2 fully saturated rings. The fourth-order valence-corrected chi connectivity index (χ4v) is 7.03. The zero-order valence-corrected chi connectivity index (χ0v) is 28.0. The van der Waals surface area contributed by atoms with Crippen LogP contribution in [0.15, 0.2) is 54.7 Å². The molecule has 2 aromatic carbocycles. The molecular weight excluding hydrogens is 598 g/mol. The number of nitrogens with zero attached hydrogens (tertiary/aromatic N) is 3. The third-order valence-electron chi connectivity index (χ3n) is 9.60. The molecule has 0 radical (unpaired) electrons. The lowest BCUT2D eigenvalue weighted by molar-refractivity contribution is -0.150. The average Bonchev–Trinajstić information content (AvgIpc) is 3.72. The van der Waals surface area contributed by atoms with E-state index in [-0.39, 0.29) is 42.5 Å². The van der Waals surface area contributed by atoms with Crippen LogP contribution in [-0.4, -0.2) is 103 Å². The number of rotatable bonds is 9. The Morgan fingerprint density at radius 3 is 2.57 bits per heavy atom. The van der Waals surface area contributed by atoms with Crippen LogP contribution in [0.2, 0.25) is 0 Å². The van der Waals surface area contributed by atoms with Crippen molar-refractivity contribution in [1.29, 1.82) is 0 Å². The minimum Gasteiger partial charge on any atom is -0.496 e. The van der Waals surface area contributed by atoms with Gasteiger partial charge in [-0.05, 0) is 62.7 Å². The normalized spacial score (nSPS) is 22.9. The molecule has 0 spiro atoms. The number of likely N-dealkylation sites (N-methyl/N-ethyl adjacent to an activating group) is 1. The van der Waals surface area contributed by atoms with Crippen molar-refractivity contribution in [2.75, 3.05) is 34.3 Å². The monoisotopic (exact) mass is 645 g/mol. The second-order valence-electron chi connectivity index (χ2n) is 12.9. The lowest BCUT2D eigenvalue weighted by atomic mass is 9.96. The van der Waals surface area contributed by atoms with E-state index in [1.54, 1.807) is 47.4 Å². The number of benzene rings is 2. The maximum Gasteiger partial charge on any atom is 0.249 e. The van der Waals surface area contributed by atoms with Gasteiger partial charge in [0.15, 0.2) is 0 Å². The van der Waals surface area contributed by atoms with Gasteiger partial charge in [-0.15, -0.1) is 0 Å². The van der Waals surface area contributed by atoms with Gasteiger partial charge in [0.25, 0.3) is 0 Å². The van der Waals surface area contributed by atoms with Gasteiger partial charge >= 0.3 is 0 Å². The summed E-state index contributed by atoms with van der Waals surface area (Å²) in [5.74, 6) is -0.0288. The highest BCUT2D eigenvalue weighted by Gasteiger charge is 2.49. The number of ether oxygens (including phenoxy) is 2. The van der Waals surface area contributed by atoms with E-state index in [1.807, 2.05) is 63.2 Å². The van der Waals surface area contributed by atoms with Crippen LogP contribution in [0.5, 0.6) is 11.5 Å². The predicted molar refractivity (Wildman–Crippen MR) is 178 cm³/mol. The largest absolute Gasteiger partial charge is 0.496 e. The van der Waals surface area contributed by atoms with Crippen LogP contribution in [0.3, 0.4) is 0 Å². The maximum absolute atomic E-state index is 14.6. The van der Waals surface area contributed by atoms with Crippen LogP contribution >= 0.6 is 0 Å². The number of nitrogens with one attached hydrogen (secondary N) is 2. The Hall–Kier alpha value is -4.38. The Bertz CT molecular complexity index is 1480. The molecule has 3 aliphatic heterocycles. The van der Waals surface area contributed by atoms with Crippen LogP contribution in [0.1, 0.15) is 50.7 Å². The molecule has 6 unspecified atom stereocenters. The van der Waals surface area contributed by atoms with Gasteiger partial charge in [-0.1, -0.05) is 50.6 Å². The van der Waals surface area contributed by atoms with Gasteiger partial charge in [-0.3, -0.25) is 24.1 Å². The standard InChI is InChI=1S/C36H47N5O6/c1-6-23(2)31(39(3)4)34(43)38-27(21-24-11-8-7-9-12-24)35(44)41-20-17-30-32(41)36(45)40-19-10-13-28(40)33(42)37-18-16-25-22-26(47-30)14-15-29(25)46-5/h7-9,11-12,14-16,18,22-23,27-28,30-32H,6,10,13,17,19-21H2,1-5H3,(H,37,42)(H,38,43). The zero-order chi connectivity index (χ0) is 33.7. The van der Waals surface area contributed by atoms with E-state index < -0.39 is 30.3 Å². The van der Waals surface area contributed by atoms with Crippen LogP contribution < -0.4 is 20.1 Å². The number of hydrogen-bond donors (Lipinski definition) is 2. The van der Waals surface area contributed by atoms with Crippen molar-refractivity contribution in [2.45, 2.75) is 76.2 Å². The van der Waals surface area contributed by atoms with Crippen LogP contribution in [0, 0.1) is 5.92 Å². The first-order valence-electron chi connectivity index (χ1n) is 16.6. The molecule has 6 atom stereocenters. The maximum atomic E-state index is 14.6. The molecule has 11 nitrogen and oxygen atoms in total. The molecule has 0 aromatic heterocycles. The van der Waals surface area contributed by atoms with E-state index in [9.17, 15) is 19.2 Å². The van der Waals surface area contributed by atoms with Crippen molar-refractivity contribution in [3.05, 3.63) is 65.9 Å². The van der Waals surface area contributed by atoms with Crippen molar-refractivity contribution in [1.82, 2.24) is 25.3 Å². The van der Waals surface area contributed by atoms with Gasteiger partial charge in [0.05, 0.1) is 13.2 Å². The lowest BCUT2D eigenvalue weighted by Crippen LogP contribution is -2.60. The average molecular weight is 646 g/mol. The number of amides is 4. The van der Waals surface area contributed by atoms with E-state index in [0.29, 0.717) is 42.9 Å². The molecule has 2 saturated heterocycles. The van der Waals surface area contributed by atoms with Crippen molar-refractivity contribution < 1.29 is 28.7 Å². The highest BCUT2D eigenvalue weighted by molar-refractivity contribution is 5.96. The van der Waals surface area contributed by atoms with E-state index in [1.165, 1.54) is 0 Å². The first-order chi connectivity index (χ1) is 22.6. The van der Waals surface area contributed by atoms with E-state index in [0.717, 1.165) is 12.0 Å². The van der Waals surface area contributed by atoms with Crippen LogP contribution in [0.25, 0.3) is 6.08 Å². The summed E-state index contributed by atoms with van der Waals surface area (Å²) in [7, 11) is 5.29. The molecule has 4 amide bonds. The number of likely N-dealkylation sites (tertiary alicyclic amines) is 1. The lowest BCUT2D eigenvalue weighted by Gasteiger charge is -2.35. The summed E-state index contributed by atoms with van der Waals surface area (Å²) in [5.41, 5.74) is 1.59. The molecule has 3 heterocycles. The molecule has 2 N–H and O–H groups in total. The first-order valence-corrected chi connectivity index (χ1v) is 16.6. The molecule has 11 heteroatoms. The van der Waals surface area contributed by atoms with Gasteiger partial charge in [-0.2, -0.15) is 0 Å². The fourth-order valence-electron chi connectivity index (χ4n) is 7.03. The van der Waals surface area contributed by atoms with Gasteiger partial charge in [-0.25, -0.2) is 0 Å². The fraction of sp³-hybridized carbons (Fsp3) is 0.500. The smallest absolute Gasteiger partial charge is 0.249 e. The van der Waals surface area contributed by atoms with E-state index in [2.05, 4.69) is 10.6 Å². The summed E-state index contributed by atoms with van der Waals surface area (Å²) in [4.78, 5) is 61.2. The Morgan fingerprint density at radius 2 is 1.87 bits per heavy atom. The third kappa shape index (κ3) is 7.45. The van der Waals surface area contributed by atoms with Crippen molar-refractivity contribution in [3.63, 3.8) is 0 Å². The number of methoxy groups -OCH3 is 1. The summed E-state index contributed by atoms with van der Waals surface area (Å²) >= 11 is 0. The van der Waals surface area contributed by atoms with Crippen molar-refractivity contribution in [3.8, 4) is 11.5 Å². The Balaban J connectivity index is 1.51. The SMILES string of the molecule is CCC(C)C(C(=O)NC(Cc1ccccc1)C(=O)N1CCC2Oc3ccc(OC)c(c3)C=CNC(=O)C3CCCN3C(=O)C21)N(C)C. The second-order valence-corrected chi connectivity index (χ2v) is 12.9. The Morgan fingerprint density at radius 1 is 1.11 bits per heavy atom. The summed E-state index contributed by atoms with van der Waals surface area (Å²) in [5, 5.41) is 5.90. The molecule has 47 heavy (non-hydrogen) atoms. The van der Waals surface area contributed by atoms with Crippen LogP contribution in [0.4, 0.5) is 0 Å². The van der Waals surface area contributed by atoms with Gasteiger partial charge in [0.2, 0.25) is 23.6 Å². The minimum atomic E-state index is -0.982. The molecular formula is C36H47N5O6. The van der Waals surface area contributed by atoms with Gasteiger partial charge < -0.3 is 29.9 Å². The topological polar surface area (TPSA) is 121 Å². The highest BCUT2D eigenvalue weighted by atomic mass is 16.5. The van der Waals surface area contributed by atoms with E-state index in [4.69, 9.17) is 9.47 Å². The van der Waals surface area contributed by atoms with Gasteiger partial charge in [0.1, 0.15) is 35.7 Å². The number of carbonyl (C=O) groups excluding carboxylic acids is 4. The molecule has 2 aromatic rings. The summed E-state index contributed by atoms with van der Waals surface area (Å²) < 4.78 is 12.0. The third-order valence-corrected chi connectivity index (χ3v) is 9.60. The predicted octanol–water partition coefficient (Wildman–Crippen LogP) is 2.84. The molecule has 3 aliphatic rings. The summed E-state index contributed by atoms with van der Waals surface area (Å²) in [6, 6.07) is 11.9. The molecule has 2 bridgehead atoms. The Kier molecular flexibility index (Phi) is 10.9. The van der Waals surface area contributed by atoms with Crippen LogP contribution in [-0.2, 0) is 25.6 Å². The molecule has 5 rings (SSSR count). The second kappa shape index (κ2) is 15.0. The summed E-state index contributed by atoms with van der Waals surface area (Å²) in [6.07, 6.45) is 5.27. The molecule has 0 aliphatic carbocycles. The quantitative estimate of drug-likeness (QED) is 0.431. The zero-order valence-electron chi connectivity index (χ0n) is 28.0. The van der Waals surface area contributed by atoms with E-state index >= 15 is 0 Å². The van der Waals surface area contributed by atoms with Crippen molar-refractivity contribution in [2.24, 2.45) is 5.92 Å².